The maximum absolute atomic E-state index is 12.7. The molecule has 0 heterocycles. The van der Waals surface area contributed by atoms with Crippen molar-refractivity contribution in [1.82, 2.24) is 0 Å². The highest BCUT2D eigenvalue weighted by molar-refractivity contribution is 6.30. The first-order valence-corrected chi connectivity index (χ1v) is 3.38. The molecule has 3 heteroatoms. The maximum atomic E-state index is 12.7. The normalized spacial score (nSPS) is 9.27. The van der Waals surface area contributed by atoms with Crippen LogP contribution in [0.4, 0.5) is 4.39 Å². The summed E-state index contributed by atoms with van der Waals surface area (Å²) < 4.78 is 12.7. The van der Waals surface area contributed by atoms with E-state index in [0.29, 0.717) is 11.1 Å². The third kappa shape index (κ3) is 1.50. The number of rotatable bonds is 0. The van der Waals surface area contributed by atoms with Crippen LogP contribution >= 0.6 is 11.6 Å². The molecule has 0 saturated heterocycles. The summed E-state index contributed by atoms with van der Waals surface area (Å²) in [5.41, 5.74) is 1.02. The van der Waals surface area contributed by atoms with Gasteiger partial charge in [-0.3, -0.25) is 0 Å². The molecule has 0 N–H and O–H groups in total. The summed E-state index contributed by atoms with van der Waals surface area (Å²) in [7, 11) is 0. The van der Waals surface area contributed by atoms with Gasteiger partial charge in [0.1, 0.15) is 5.82 Å². The van der Waals surface area contributed by atoms with E-state index in [1.165, 1.54) is 12.1 Å². The lowest BCUT2D eigenvalue weighted by atomic mass is 10.1. The van der Waals surface area contributed by atoms with Gasteiger partial charge in [-0.25, -0.2) is 4.39 Å². The van der Waals surface area contributed by atoms with Crippen molar-refractivity contribution in [2.24, 2.45) is 0 Å². The first kappa shape index (κ1) is 8.03. The van der Waals surface area contributed by atoms with Crippen LogP contribution in [-0.2, 0) is 0 Å². The number of hydrogen-bond donors (Lipinski definition) is 0. The molecule has 1 nitrogen and oxygen atoms in total. The Balaban J connectivity index is 3.35. The zero-order valence-electron chi connectivity index (χ0n) is 5.86. The van der Waals surface area contributed by atoms with Crippen molar-refractivity contribution >= 4 is 11.6 Å². The molecule has 0 atom stereocenters. The molecule has 0 aliphatic carbocycles. The van der Waals surface area contributed by atoms with Crippen molar-refractivity contribution in [2.75, 3.05) is 0 Å². The molecule has 1 aromatic carbocycles. The van der Waals surface area contributed by atoms with Crippen LogP contribution in [0.15, 0.2) is 12.1 Å². The van der Waals surface area contributed by atoms with Crippen molar-refractivity contribution in [3.05, 3.63) is 34.1 Å². The van der Waals surface area contributed by atoms with Crippen molar-refractivity contribution in [2.45, 2.75) is 6.92 Å². The van der Waals surface area contributed by atoms with Crippen LogP contribution in [-0.4, -0.2) is 0 Å². The molecular weight excluding hydrogens is 165 g/mol. The molecule has 1 aromatic rings. The molecule has 1 rings (SSSR count). The topological polar surface area (TPSA) is 23.8 Å². The van der Waals surface area contributed by atoms with Crippen molar-refractivity contribution in [3.63, 3.8) is 0 Å². The van der Waals surface area contributed by atoms with Crippen LogP contribution in [0.2, 0.25) is 5.02 Å². The highest BCUT2D eigenvalue weighted by Crippen LogP contribution is 2.18. The molecule has 0 unspecified atom stereocenters. The number of halogens is 2. The molecule has 0 bridgehead atoms. The number of nitrogens with zero attached hydrogens (tertiary/aromatic N) is 1. The standard InChI is InChI=1S/C8H5ClFN/c1-5-2-8(10)7(9)3-6(5)4-11/h2-3H,1H3. The molecule has 11 heavy (non-hydrogen) atoms. The third-order valence-electron chi connectivity index (χ3n) is 1.39. The third-order valence-corrected chi connectivity index (χ3v) is 1.68. The summed E-state index contributed by atoms with van der Waals surface area (Å²) in [6, 6.07) is 4.49. The van der Waals surface area contributed by atoms with E-state index in [-0.39, 0.29) is 5.02 Å². The molecule has 56 valence electrons. The predicted octanol–water partition coefficient (Wildman–Crippen LogP) is 2.66. The van der Waals surface area contributed by atoms with Crippen molar-refractivity contribution in [1.29, 1.82) is 5.26 Å². The summed E-state index contributed by atoms with van der Waals surface area (Å²) in [4.78, 5) is 0. The van der Waals surface area contributed by atoms with Gasteiger partial charge < -0.3 is 0 Å². The molecule has 0 aliphatic heterocycles. The number of hydrogen-bond acceptors (Lipinski definition) is 1. The minimum Gasteiger partial charge on any atom is -0.205 e. The van der Waals surface area contributed by atoms with Gasteiger partial charge in [0.05, 0.1) is 16.7 Å². The Morgan fingerprint density at radius 2 is 2.18 bits per heavy atom. The molecule has 0 aliphatic rings. The SMILES string of the molecule is Cc1cc(F)c(Cl)cc1C#N. The smallest absolute Gasteiger partial charge is 0.142 e. The quantitative estimate of drug-likeness (QED) is 0.586. The summed E-state index contributed by atoms with van der Waals surface area (Å²) in [5.74, 6) is -0.483. The zero-order chi connectivity index (χ0) is 8.43. The second-order valence-electron chi connectivity index (χ2n) is 2.19. The Hall–Kier alpha value is -1.07. The first-order valence-electron chi connectivity index (χ1n) is 3.01. The summed E-state index contributed by atoms with van der Waals surface area (Å²) in [6.45, 7) is 1.66. The van der Waals surface area contributed by atoms with Gasteiger partial charge in [0, 0.05) is 0 Å². The summed E-state index contributed by atoms with van der Waals surface area (Å²) >= 11 is 5.44. The highest BCUT2D eigenvalue weighted by atomic mass is 35.5. The van der Waals surface area contributed by atoms with E-state index >= 15 is 0 Å². The lowest BCUT2D eigenvalue weighted by molar-refractivity contribution is 0.627. The van der Waals surface area contributed by atoms with Gasteiger partial charge in [0.15, 0.2) is 0 Å². The van der Waals surface area contributed by atoms with E-state index in [1.807, 2.05) is 6.07 Å². The molecule has 0 spiro atoms. The van der Waals surface area contributed by atoms with Gasteiger partial charge in [-0.2, -0.15) is 5.26 Å². The second-order valence-corrected chi connectivity index (χ2v) is 2.60. The summed E-state index contributed by atoms with van der Waals surface area (Å²) in [5, 5.41) is 8.50. The molecule has 0 amide bonds. The minimum absolute atomic E-state index is 0.00727. The van der Waals surface area contributed by atoms with Crippen LogP contribution < -0.4 is 0 Å². The Labute approximate surface area is 69.0 Å². The number of aryl methyl sites for hydroxylation is 1. The van der Waals surface area contributed by atoms with Crippen LogP contribution in [0.5, 0.6) is 0 Å². The molecular formula is C8H5ClFN. The predicted molar refractivity (Wildman–Crippen MR) is 40.9 cm³/mol. The van der Waals surface area contributed by atoms with Gasteiger partial charge in [-0.15, -0.1) is 0 Å². The van der Waals surface area contributed by atoms with Crippen molar-refractivity contribution < 1.29 is 4.39 Å². The fourth-order valence-electron chi connectivity index (χ4n) is 0.767. The Morgan fingerprint density at radius 1 is 1.55 bits per heavy atom. The largest absolute Gasteiger partial charge is 0.205 e. The average molecular weight is 170 g/mol. The molecule has 0 saturated carbocycles. The van der Waals surface area contributed by atoms with E-state index in [1.54, 1.807) is 6.92 Å². The van der Waals surface area contributed by atoms with Gasteiger partial charge in [0.25, 0.3) is 0 Å². The Bertz CT molecular complexity index is 328. The van der Waals surface area contributed by atoms with E-state index < -0.39 is 5.82 Å². The minimum atomic E-state index is -0.483. The Morgan fingerprint density at radius 3 is 2.73 bits per heavy atom. The van der Waals surface area contributed by atoms with Gasteiger partial charge in [0.2, 0.25) is 0 Å². The van der Waals surface area contributed by atoms with Gasteiger partial charge in [-0.1, -0.05) is 11.6 Å². The van der Waals surface area contributed by atoms with E-state index in [2.05, 4.69) is 0 Å². The monoisotopic (exact) mass is 169 g/mol. The van der Waals surface area contributed by atoms with Crippen LogP contribution in [0.3, 0.4) is 0 Å². The highest BCUT2D eigenvalue weighted by Gasteiger charge is 2.03. The maximum Gasteiger partial charge on any atom is 0.142 e. The number of benzene rings is 1. The van der Waals surface area contributed by atoms with E-state index in [9.17, 15) is 4.39 Å². The average Bonchev–Trinajstić information content (AvgIpc) is 1.97. The fraction of sp³-hybridized carbons (Fsp3) is 0.125. The van der Waals surface area contributed by atoms with Crippen LogP contribution in [0, 0.1) is 24.1 Å². The lowest BCUT2D eigenvalue weighted by Gasteiger charge is -1.97. The van der Waals surface area contributed by atoms with Crippen LogP contribution in [0.25, 0.3) is 0 Å². The first-order chi connectivity index (χ1) is 5.15. The van der Waals surface area contributed by atoms with Crippen molar-refractivity contribution in [3.8, 4) is 6.07 Å². The number of nitriles is 1. The summed E-state index contributed by atoms with van der Waals surface area (Å²) in [6.07, 6.45) is 0. The molecule has 0 fully saturated rings. The van der Waals surface area contributed by atoms with Gasteiger partial charge in [-0.05, 0) is 24.6 Å². The molecule has 0 aromatic heterocycles. The van der Waals surface area contributed by atoms with E-state index in [4.69, 9.17) is 16.9 Å². The van der Waals surface area contributed by atoms with Crippen LogP contribution in [0.1, 0.15) is 11.1 Å². The van der Waals surface area contributed by atoms with E-state index in [0.717, 1.165) is 0 Å². The molecule has 0 radical (unpaired) electrons. The zero-order valence-corrected chi connectivity index (χ0v) is 6.61. The fourth-order valence-corrected chi connectivity index (χ4v) is 0.930. The lowest BCUT2D eigenvalue weighted by Crippen LogP contribution is -1.85. The van der Waals surface area contributed by atoms with Gasteiger partial charge >= 0.3 is 0 Å². The Kier molecular flexibility index (Phi) is 2.11. The second kappa shape index (κ2) is 2.89.